The Labute approximate surface area is 113 Å². The molecular weight excluding hydrogens is 238 g/mol. The number of benzene rings is 1. The van der Waals surface area contributed by atoms with Gasteiger partial charge in [-0.25, -0.2) is 0 Å². The van der Waals surface area contributed by atoms with E-state index in [-0.39, 0.29) is 11.9 Å². The van der Waals surface area contributed by atoms with Crippen LogP contribution in [-0.4, -0.2) is 18.1 Å². The fraction of sp³-hybridized carbons (Fsp3) is 0.312. The third kappa shape index (κ3) is 2.55. The maximum atomic E-state index is 11.7. The zero-order chi connectivity index (χ0) is 13.8. The molecule has 0 amide bonds. The van der Waals surface area contributed by atoms with Crippen molar-refractivity contribution < 1.29 is 9.53 Å². The number of nitrogens with one attached hydrogen (secondary N) is 1. The molecule has 3 heteroatoms. The van der Waals surface area contributed by atoms with Gasteiger partial charge in [0, 0.05) is 11.6 Å². The van der Waals surface area contributed by atoms with Gasteiger partial charge in [-0.2, -0.15) is 0 Å². The van der Waals surface area contributed by atoms with Gasteiger partial charge < -0.3 is 9.72 Å². The molecule has 3 nitrogen and oxygen atoms in total. The highest BCUT2D eigenvalue weighted by atomic mass is 16.5. The molecule has 100 valence electrons. The van der Waals surface area contributed by atoms with E-state index in [9.17, 15) is 4.79 Å². The van der Waals surface area contributed by atoms with E-state index >= 15 is 0 Å². The number of H-pyrrole nitrogens is 1. The van der Waals surface area contributed by atoms with Crippen LogP contribution in [0.25, 0.3) is 17.0 Å². The van der Waals surface area contributed by atoms with E-state index in [1.807, 2.05) is 31.3 Å². The lowest BCUT2D eigenvalue weighted by Crippen LogP contribution is -2.17. The predicted octanol–water partition coefficient (Wildman–Crippen LogP) is 3.55. The number of aromatic amines is 1. The first kappa shape index (κ1) is 13.4. The number of ether oxygens (including phenoxy) is 1. The van der Waals surface area contributed by atoms with E-state index in [1.54, 1.807) is 0 Å². The maximum Gasteiger partial charge on any atom is 0.308 e. The third-order valence-corrected chi connectivity index (χ3v) is 3.55. The molecule has 19 heavy (non-hydrogen) atoms. The highest BCUT2D eigenvalue weighted by molar-refractivity contribution is 5.90. The molecule has 2 rings (SSSR count). The summed E-state index contributed by atoms with van der Waals surface area (Å²) in [7, 11) is 1.44. The number of aromatic nitrogens is 1. The number of fused-ring (bicyclic) bond motifs is 1. The van der Waals surface area contributed by atoms with Gasteiger partial charge in [0.25, 0.3) is 0 Å². The molecule has 1 atom stereocenters. The Balaban J connectivity index is 2.36. The smallest absolute Gasteiger partial charge is 0.308 e. The van der Waals surface area contributed by atoms with Crippen molar-refractivity contribution in [3.63, 3.8) is 0 Å². The third-order valence-electron chi connectivity index (χ3n) is 3.55. The summed E-state index contributed by atoms with van der Waals surface area (Å²) in [6, 6.07) is 6.10. The number of hydrogen-bond donors (Lipinski definition) is 1. The van der Waals surface area contributed by atoms with Crippen molar-refractivity contribution >= 4 is 22.9 Å². The molecule has 0 unspecified atom stereocenters. The van der Waals surface area contributed by atoms with Gasteiger partial charge >= 0.3 is 5.97 Å². The molecule has 0 saturated carbocycles. The topological polar surface area (TPSA) is 42.1 Å². The number of rotatable bonds is 5. The average molecular weight is 257 g/mol. The molecule has 1 aromatic carbocycles. The van der Waals surface area contributed by atoms with Crippen LogP contribution in [0.2, 0.25) is 0 Å². The number of methoxy groups -OCH3 is 1. The van der Waals surface area contributed by atoms with E-state index in [0.717, 1.165) is 28.5 Å². The highest BCUT2D eigenvalue weighted by Gasteiger charge is 2.19. The van der Waals surface area contributed by atoms with Gasteiger partial charge in [0.1, 0.15) is 0 Å². The minimum atomic E-state index is -0.142. The molecule has 0 bridgehead atoms. The summed E-state index contributed by atoms with van der Waals surface area (Å²) in [6.07, 6.45) is 5.29. The van der Waals surface area contributed by atoms with Crippen molar-refractivity contribution in [1.82, 2.24) is 4.98 Å². The van der Waals surface area contributed by atoms with Crippen LogP contribution in [0.1, 0.15) is 24.5 Å². The number of carbonyl (C=O) groups excluding carboxylic acids is 1. The van der Waals surface area contributed by atoms with Crippen LogP contribution >= 0.6 is 0 Å². The van der Waals surface area contributed by atoms with Gasteiger partial charge in [0.2, 0.25) is 0 Å². The molecule has 0 spiro atoms. The quantitative estimate of drug-likeness (QED) is 0.832. The number of para-hydroxylation sites is 1. The lowest BCUT2D eigenvalue weighted by atomic mass is 9.96. The van der Waals surface area contributed by atoms with E-state index in [2.05, 4.69) is 17.6 Å². The summed E-state index contributed by atoms with van der Waals surface area (Å²) in [5.41, 5.74) is 3.30. The Hall–Kier alpha value is -2.03. The molecule has 0 aliphatic heterocycles. The van der Waals surface area contributed by atoms with Crippen LogP contribution in [-0.2, 0) is 16.0 Å². The molecule has 1 aromatic heterocycles. The molecule has 0 aliphatic carbocycles. The highest BCUT2D eigenvalue weighted by Crippen LogP contribution is 2.25. The van der Waals surface area contributed by atoms with E-state index in [4.69, 9.17) is 4.74 Å². The zero-order valence-electron chi connectivity index (χ0n) is 11.4. The van der Waals surface area contributed by atoms with Crippen LogP contribution in [0.4, 0.5) is 0 Å². The minimum Gasteiger partial charge on any atom is -0.469 e. The van der Waals surface area contributed by atoms with Gasteiger partial charge in [-0.15, -0.1) is 0 Å². The first-order chi connectivity index (χ1) is 9.21. The minimum absolute atomic E-state index is 0.0867. The summed E-state index contributed by atoms with van der Waals surface area (Å²) in [6.45, 7) is 5.82. The van der Waals surface area contributed by atoms with Crippen molar-refractivity contribution in [2.45, 2.75) is 19.8 Å². The predicted molar refractivity (Wildman–Crippen MR) is 77.9 cm³/mol. The first-order valence-electron chi connectivity index (χ1n) is 6.50. The summed E-state index contributed by atoms with van der Waals surface area (Å²) < 4.78 is 4.84. The molecular formula is C16H19NO2. The molecule has 0 radical (unpaired) electrons. The fourth-order valence-corrected chi connectivity index (χ4v) is 2.40. The van der Waals surface area contributed by atoms with E-state index in [1.165, 1.54) is 7.11 Å². The van der Waals surface area contributed by atoms with Crippen molar-refractivity contribution in [3.8, 4) is 0 Å². The molecule has 1 heterocycles. The molecule has 2 aromatic rings. The molecule has 0 saturated heterocycles. The van der Waals surface area contributed by atoms with Gasteiger partial charge in [-0.1, -0.05) is 37.8 Å². The molecule has 0 aliphatic rings. The second-order valence-corrected chi connectivity index (χ2v) is 4.62. The van der Waals surface area contributed by atoms with Crippen LogP contribution in [0.5, 0.6) is 0 Å². The van der Waals surface area contributed by atoms with Crippen LogP contribution < -0.4 is 0 Å². The SMILES string of the molecule is C=Cc1cccc2c(C[C@H](CC)C(=O)OC)c[nH]c12. The molecule has 1 N–H and O–H groups in total. The lowest BCUT2D eigenvalue weighted by Gasteiger charge is -2.11. The van der Waals surface area contributed by atoms with E-state index < -0.39 is 0 Å². The Kier molecular flexibility index (Phi) is 4.05. The second kappa shape index (κ2) is 5.74. The molecule has 0 fully saturated rings. The maximum absolute atomic E-state index is 11.7. The van der Waals surface area contributed by atoms with E-state index in [0.29, 0.717) is 6.42 Å². The monoisotopic (exact) mass is 257 g/mol. The standard InChI is InChI=1S/C16H19NO2/c1-4-11-7-6-8-14-13(10-17-15(11)14)9-12(5-2)16(18)19-3/h4,6-8,10,12,17H,1,5,9H2,2-3H3/t12-/m0/s1. The summed E-state index contributed by atoms with van der Waals surface area (Å²) in [5, 5.41) is 1.15. The van der Waals surface area contributed by atoms with Crippen molar-refractivity contribution in [1.29, 1.82) is 0 Å². The van der Waals surface area contributed by atoms with Crippen molar-refractivity contribution in [2.24, 2.45) is 5.92 Å². The van der Waals surface area contributed by atoms with Gasteiger partial charge in [-0.3, -0.25) is 4.79 Å². The van der Waals surface area contributed by atoms with Gasteiger partial charge in [-0.05, 0) is 24.0 Å². The second-order valence-electron chi connectivity index (χ2n) is 4.62. The summed E-state index contributed by atoms with van der Waals surface area (Å²) in [5.74, 6) is -0.229. The Morgan fingerprint density at radius 2 is 2.32 bits per heavy atom. The first-order valence-corrected chi connectivity index (χ1v) is 6.50. The Morgan fingerprint density at radius 1 is 1.53 bits per heavy atom. The largest absolute Gasteiger partial charge is 0.469 e. The van der Waals surface area contributed by atoms with Gasteiger partial charge in [0.05, 0.1) is 18.5 Å². The van der Waals surface area contributed by atoms with Gasteiger partial charge in [0.15, 0.2) is 0 Å². The summed E-state index contributed by atoms with van der Waals surface area (Å²) in [4.78, 5) is 15.0. The number of esters is 1. The number of hydrogen-bond acceptors (Lipinski definition) is 2. The Morgan fingerprint density at radius 3 is 2.95 bits per heavy atom. The van der Waals surface area contributed by atoms with Crippen molar-refractivity contribution in [3.05, 3.63) is 42.1 Å². The lowest BCUT2D eigenvalue weighted by molar-refractivity contribution is -0.145. The van der Waals surface area contributed by atoms with Crippen molar-refractivity contribution in [2.75, 3.05) is 7.11 Å². The zero-order valence-corrected chi connectivity index (χ0v) is 11.4. The Bertz CT molecular complexity index is 598. The average Bonchev–Trinajstić information content (AvgIpc) is 2.86. The van der Waals surface area contributed by atoms with Crippen LogP contribution in [0, 0.1) is 5.92 Å². The van der Waals surface area contributed by atoms with Crippen LogP contribution in [0.15, 0.2) is 31.0 Å². The normalized spacial score (nSPS) is 12.3. The summed E-state index contributed by atoms with van der Waals surface area (Å²) >= 11 is 0. The number of carbonyl (C=O) groups is 1. The fourth-order valence-electron chi connectivity index (χ4n) is 2.40. The van der Waals surface area contributed by atoms with Crippen LogP contribution in [0.3, 0.4) is 0 Å².